The molecule has 0 rings (SSSR count). The molecule has 3 atom stereocenters. The van der Waals surface area contributed by atoms with Crippen molar-refractivity contribution in [1.82, 2.24) is 21.3 Å². The number of nitrogens with one attached hydrogen (secondary N) is 4. The van der Waals surface area contributed by atoms with Crippen molar-refractivity contribution in [2.75, 3.05) is 13.1 Å². The molecule has 0 spiro atoms. The largest absolute Gasteiger partial charge is 0.480 e. The zero-order valence-electron chi connectivity index (χ0n) is 17.6. The van der Waals surface area contributed by atoms with Gasteiger partial charge in [0.05, 0.1) is 19.1 Å². The summed E-state index contributed by atoms with van der Waals surface area (Å²) in [5.74, 6) is -3.52. The minimum atomic E-state index is -1.20. The van der Waals surface area contributed by atoms with Gasteiger partial charge in [0.1, 0.15) is 12.1 Å². The lowest BCUT2D eigenvalue weighted by Gasteiger charge is -2.24. The Morgan fingerprint density at radius 3 is 1.86 bits per heavy atom. The molecule has 0 aliphatic rings. The second-order valence-electron chi connectivity index (χ2n) is 7.59. The molecular weight excluding hydrogens is 382 g/mol. The average molecular weight is 415 g/mol. The van der Waals surface area contributed by atoms with Crippen molar-refractivity contribution in [3.8, 4) is 0 Å². The van der Waals surface area contributed by atoms with E-state index < -0.39 is 60.8 Å². The first-order valence-corrected chi connectivity index (χ1v) is 9.47. The molecule has 29 heavy (non-hydrogen) atoms. The Bertz CT molecular complexity index is 608. The maximum atomic E-state index is 12.3. The van der Waals surface area contributed by atoms with E-state index in [9.17, 15) is 24.0 Å². The number of hydrogen-bond acceptors (Lipinski definition) is 6. The van der Waals surface area contributed by atoms with E-state index in [1.54, 1.807) is 13.8 Å². The first-order valence-electron chi connectivity index (χ1n) is 9.47. The lowest BCUT2D eigenvalue weighted by atomic mass is 10.0. The Balaban J connectivity index is 4.51. The smallest absolute Gasteiger partial charge is 0.325 e. The van der Waals surface area contributed by atoms with Gasteiger partial charge in [-0.25, -0.2) is 0 Å². The van der Waals surface area contributed by atoms with E-state index in [-0.39, 0.29) is 11.8 Å². The van der Waals surface area contributed by atoms with Crippen molar-refractivity contribution in [2.24, 2.45) is 17.6 Å². The average Bonchev–Trinajstić information content (AvgIpc) is 2.61. The van der Waals surface area contributed by atoms with Gasteiger partial charge < -0.3 is 32.1 Å². The molecule has 0 aliphatic carbocycles. The summed E-state index contributed by atoms with van der Waals surface area (Å²) in [5.41, 5.74) is 5.83. The number of carbonyl (C=O) groups excluding carboxylic acids is 4. The lowest BCUT2D eigenvalue weighted by Crippen LogP contribution is -2.55. The van der Waals surface area contributed by atoms with E-state index >= 15 is 0 Å². The fourth-order valence-corrected chi connectivity index (χ4v) is 2.28. The topological polar surface area (TPSA) is 180 Å². The number of carbonyl (C=O) groups is 5. The van der Waals surface area contributed by atoms with Crippen molar-refractivity contribution in [3.63, 3.8) is 0 Å². The van der Waals surface area contributed by atoms with Gasteiger partial charge in [-0.05, 0) is 25.2 Å². The third-order valence-corrected chi connectivity index (χ3v) is 3.93. The molecule has 4 amide bonds. The molecule has 7 N–H and O–H groups in total. The third kappa shape index (κ3) is 11.0. The molecule has 0 saturated heterocycles. The molecule has 0 radical (unpaired) electrons. The summed E-state index contributed by atoms with van der Waals surface area (Å²) >= 11 is 0. The van der Waals surface area contributed by atoms with Gasteiger partial charge in [-0.2, -0.15) is 0 Å². The van der Waals surface area contributed by atoms with Crippen LogP contribution in [0.1, 0.15) is 41.0 Å². The first-order chi connectivity index (χ1) is 13.3. The van der Waals surface area contributed by atoms with Crippen LogP contribution in [0.15, 0.2) is 0 Å². The fourth-order valence-electron chi connectivity index (χ4n) is 2.28. The molecule has 0 bridgehead atoms. The monoisotopic (exact) mass is 415 g/mol. The third-order valence-electron chi connectivity index (χ3n) is 3.93. The molecule has 0 aliphatic heterocycles. The summed E-state index contributed by atoms with van der Waals surface area (Å²) in [6.45, 7) is 7.80. The molecular formula is C18H33N5O6. The minimum Gasteiger partial charge on any atom is -0.480 e. The molecule has 166 valence electrons. The number of carboxylic acids is 1. The summed E-state index contributed by atoms with van der Waals surface area (Å²) in [4.78, 5) is 58.5. The SMILES string of the molecule is CC(C)C[C@H](N)C(=O)N[C@H](C(=O)NCC(=O)NCC(=O)N[C@@H](C)C(=O)O)C(C)C. The zero-order chi connectivity index (χ0) is 22.7. The Kier molecular flexibility index (Phi) is 11.5. The van der Waals surface area contributed by atoms with Crippen LogP contribution in [0.2, 0.25) is 0 Å². The highest BCUT2D eigenvalue weighted by atomic mass is 16.4. The van der Waals surface area contributed by atoms with Crippen molar-refractivity contribution in [2.45, 2.75) is 59.2 Å². The van der Waals surface area contributed by atoms with Crippen molar-refractivity contribution in [1.29, 1.82) is 0 Å². The molecule has 0 saturated carbocycles. The summed E-state index contributed by atoms with van der Waals surface area (Å²) in [7, 11) is 0. The first kappa shape index (κ1) is 26.3. The normalized spacial score (nSPS) is 13.9. The standard InChI is InChI=1S/C18H33N5O6/c1-9(2)6-12(19)16(26)23-15(10(3)4)17(27)21-7-13(24)20-8-14(25)22-11(5)18(28)29/h9-12,15H,6-8,19H2,1-5H3,(H,20,24)(H,21,27)(H,22,25)(H,23,26)(H,28,29)/t11-,12-,15-/m0/s1. The molecule has 0 heterocycles. The molecule has 0 aromatic rings. The lowest BCUT2D eigenvalue weighted by molar-refractivity contribution is -0.141. The summed E-state index contributed by atoms with van der Waals surface area (Å²) in [6.07, 6.45) is 0.475. The Labute approximate surface area is 170 Å². The van der Waals surface area contributed by atoms with Crippen LogP contribution in [0, 0.1) is 11.8 Å². The van der Waals surface area contributed by atoms with Gasteiger partial charge in [0.25, 0.3) is 0 Å². The van der Waals surface area contributed by atoms with E-state index in [2.05, 4.69) is 21.3 Å². The van der Waals surface area contributed by atoms with Crippen LogP contribution in [-0.4, -0.2) is 65.9 Å². The van der Waals surface area contributed by atoms with Crippen LogP contribution in [0.25, 0.3) is 0 Å². The van der Waals surface area contributed by atoms with Gasteiger partial charge in [0.15, 0.2) is 0 Å². The summed E-state index contributed by atoms with van der Waals surface area (Å²) in [5, 5.41) is 18.1. The minimum absolute atomic E-state index is 0.224. The molecule has 0 fully saturated rings. The number of rotatable bonds is 12. The van der Waals surface area contributed by atoms with E-state index in [1.165, 1.54) is 6.92 Å². The summed E-state index contributed by atoms with van der Waals surface area (Å²) in [6, 6.07) is -2.69. The van der Waals surface area contributed by atoms with Crippen molar-refractivity contribution in [3.05, 3.63) is 0 Å². The Hall–Kier alpha value is -2.69. The van der Waals surface area contributed by atoms with Crippen LogP contribution >= 0.6 is 0 Å². The summed E-state index contributed by atoms with van der Waals surface area (Å²) < 4.78 is 0. The molecule has 0 unspecified atom stereocenters. The van der Waals surface area contributed by atoms with Crippen LogP contribution < -0.4 is 27.0 Å². The number of aliphatic carboxylic acids is 1. The van der Waals surface area contributed by atoms with Gasteiger partial charge in [-0.1, -0.05) is 27.7 Å². The van der Waals surface area contributed by atoms with E-state index in [0.29, 0.717) is 6.42 Å². The molecule has 11 nitrogen and oxygen atoms in total. The highest BCUT2D eigenvalue weighted by Crippen LogP contribution is 2.06. The Morgan fingerprint density at radius 2 is 1.38 bits per heavy atom. The highest BCUT2D eigenvalue weighted by Gasteiger charge is 2.27. The second kappa shape index (κ2) is 12.7. The van der Waals surface area contributed by atoms with Crippen LogP contribution in [0.4, 0.5) is 0 Å². The predicted molar refractivity (Wildman–Crippen MR) is 105 cm³/mol. The Morgan fingerprint density at radius 1 is 0.828 bits per heavy atom. The quantitative estimate of drug-likeness (QED) is 0.220. The van der Waals surface area contributed by atoms with E-state index in [0.717, 1.165) is 0 Å². The van der Waals surface area contributed by atoms with Crippen molar-refractivity contribution >= 4 is 29.6 Å². The van der Waals surface area contributed by atoms with Gasteiger partial charge in [-0.15, -0.1) is 0 Å². The van der Waals surface area contributed by atoms with Crippen molar-refractivity contribution < 1.29 is 29.1 Å². The predicted octanol–water partition coefficient (Wildman–Crippen LogP) is -1.68. The number of nitrogens with two attached hydrogens (primary N) is 1. The van der Waals surface area contributed by atoms with E-state index in [4.69, 9.17) is 10.8 Å². The van der Waals surface area contributed by atoms with Crippen LogP contribution in [0.5, 0.6) is 0 Å². The molecule has 0 aromatic carbocycles. The maximum absolute atomic E-state index is 12.3. The van der Waals surface area contributed by atoms with Gasteiger partial charge >= 0.3 is 5.97 Å². The fraction of sp³-hybridized carbons (Fsp3) is 0.722. The van der Waals surface area contributed by atoms with Crippen LogP contribution in [-0.2, 0) is 24.0 Å². The number of amides is 4. The number of hydrogen-bond donors (Lipinski definition) is 6. The van der Waals surface area contributed by atoms with Gasteiger partial charge in [0.2, 0.25) is 23.6 Å². The van der Waals surface area contributed by atoms with Gasteiger partial charge in [-0.3, -0.25) is 24.0 Å². The van der Waals surface area contributed by atoms with Gasteiger partial charge in [0, 0.05) is 0 Å². The van der Waals surface area contributed by atoms with Crippen LogP contribution in [0.3, 0.4) is 0 Å². The zero-order valence-corrected chi connectivity index (χ0v) is 17.6. The highest BCUT2D eigenvalue weighted by molar-refractivity contribution is 5.93. The number of carboxylic acid groups (broad SMARTS) is 1. The second-order valence-corrected chi connectivity index (χ2v) is 7.59. The molecule has 0 aromatic heterocycles. The maximum Gasteiger partial charge on any atom is 0.325 e. The molecule has 11 heteroatoms. The van der Waals surface area contributed by atoms with E-state index in [1.807, 2.05) is 13.8 Å².